The molecule has 1 atom stereocenters. The van der Waals surface area contributed by atoms with Gasteiger partial charge in [0.15, 0.2) is 0 Å². The standard InChI is InChI=1S/C17H21FN4O2/c1-11-16(12(2)21(3)20-11)15-10-24-9-8-22(15)17(23)19-14-6-4-13(18)5-7-14/h4-7,15H,8-10H2,1-3H3,(H,19,23). The number of amides is 2. The van der Waals surface area contributed by atoms with E-state index >= 15 is 0 Å². The van der Waals surface area contributed by atoms with Crippen molar-refractivity contribution in [3.63, 3.8) is 0 Å². The number of aryl methyl sites for hydroxylation is 2. The summed E-state index contributed by atoms with van der Waals surface area (Å²) in [4.78, 5) is 14.5. The monoisotopic (exact) mass is 332 g/mol. The molecule has 0 saturated carbocycles. The summed E-state index contributed by atoms with van der Waals surface area (Å²) in [5.74, 6) is -0.334. The SMILES string of the molecule is Cc1nn(C)c(C)c1C1COCCN1C(=O)Nc1ccc(F)cc1. The number of carbonyl (C=O) groups is 1. The number of aromatic nitrogens is 2. The zero-order valence-electron chi connectivity index (χ0n) is 14.0. The number of rotatable bonds is 2. The van der Waals surface area contributed by atoms with Gasteiger partial charge in [-0.25, -0.2) is 9.18 Å². The van der Waals surface area contributed by atoms with Gasteiger partial charge in [-0.2, -0.15) is 5.10 Å². The molecule has 2 heterocycles. The first-order valence-corrected chi connectivity index (χ1v) is 7.88. The van der Waals surface area contributed by atoms with Crippen molar-refractivity contribution in [3.05, 3.63) is 47.0 Å². The molecule has 1 fully saturated rings. The van der Waals surface area contributed by atoms with Crippen molar-refractivity contribution < 1.29 is 13.9 Å². The second-order valence-corrected chi connectivity index (χ2v) is 5.93. The molecule has 1 saturated heterocycles. The van der Waals surface area contributed by atoms with Crippen molar-refractivity contribution in [1.29, 1.82) is 0 Å². The van der Waals surface area contributed by atoms with Gasteiger partial charge in [-0.05, 0) is 38.1 Å². The third kappa shape index (κ3) is 3.12. The largest absolute Gasteiger partial charge is 0.377 e. The van der Waals surface area contributed by atoms with Crippen LogP contribution in [0.1, 0.15) is 23.0 Å². The topological polar surface area (TPSA) is 59.4 Å². The van der Waals surface area contributed by atoms with Gasteiger partial charge in [0.25, 0.3) is 0 Å². The fraction of sp³-hybridized carbons (Fsp3) is 0.412. The van der Waals surface area contributed by atoms with E-state index in [1.54, 1.807) is 17.0 Å². The maximum atomic E-state index is 13.0. The average molecular weight is 332 g/mol. The molecule has 7 heteroatoms. The first-order chi connectivity index (χ1) is 11.5. The highest BCUT2D eigenvalue weighted by molar-refractivity contribution is 5.89. The normalized spacial score (nSPS) is 17.8. The summed E-state index contributed by atoms with van der Waals surface area (Å²) in [6.07, 6.45) is 0. The molecular formula is C17H21FN4O2. The first-order valence-electron chi connectivity index (χ1n) is 7.88. The minimum Gasteiger partial charge on any atom is -0.377 e. The van der Waals surface area contributed by atoms with Gasteiger partial charge in [0.05, 0.1) is 24.9 Å². The summed E-state index contributed by atoms with van der Waals surface area (Å²) in [6.45, 7) is 5.34. The molecule has 1 unspecified atom stereocenters. The van der Waals surface area contributed by atoms with Crippen LogP contribution in [-0.2, 0) is 11.8 Å². The Morgan fingerprint density at radius 1 is 1.33 bits per heavy atom. The highest BCUT2D eigenvalue weighted by Crippen LogP contribution is 2.29. The van der Waals surface area contributed by atoms with E-state index in [1.807, 2.05) is 25.6 Å². The van der Waals surface area contributed by atoms with Crippen LogP contribution in [0, 0.1) is 19.7 Å². The number of anilines is 1. The Morgan fingerprint density at radius 2 is 2.04 bits per heavy atom. The second-order valence-electron chi connectivity index (χ2n) is 5.93. The molecule has 2 amide bonds. The summed E-state index contributed by atoms with van der Waals surface area (Å²) < 4.78 is 20.4. The summed E-state index contributed by atoms with van der Waals surface area (Å²) >= 11 is 0. The Labute approximate surface area is 140 Å². The molecule has 0 spiro atoms. The van der Waals surface area contributed by atoms with Crippen molar-refractivity contribution in [2.24, 2.45) is 7.05 Å². The van der Waals surface area contributed by atoms with E-state index in [0.29, 0.717) is 25.4 Å². The molecule has 1 aliphatic heterocycles. The number of hydrogen-bond donors (Lipinski definition) is 1. The smallest absolute Gasteiger partial charge is 0.322 e. The number of ether oxygens (including phenoxy) is 1. The van der Waals surface area contributed by atoms with E-state index in [1.165, 1.54) is 12.1 Å². The summed E-state index contributed by atoms with van der Waals surface area (Å²) in [5.41, 5.74) is 3.49. The van der Waals surface area contributed by atoms with E-state index < -0.39 is 0 Å². The lowest BCUT2D eigenvalue weighted by molar-refractivity contribution is 0.0143. The molecule has 128 valence electrons. The number of hydrogen-bond acceptors (Lipinski definition) is 3. The molecule has 0 bridgehead atoms. The van der Waals surface area contributed by atoms with Crippen molar-refractivity contribution in [3.8, 4) is 0 Å². The van der Waals surface area contributed by atoms with Crippen LogP contribution in [0.4, 0.5) is 14.9 Å². The molecule has 1 N–H and O–H groups in total. The fourth-order valence-corrected chi connectivity index (χ4v) is 3.09. The molecule has 2 aromatic rings. The average Bonchev–Trinajstić information content (AvgIpc) is 2.82. The van der Waals surface area contributed by atoms with Crippen LogP contribution in [0.15, 0.2) is 24.3 Å². The molecule has 24 heavy (non-hydrogen) atoms. The van der Waals surface area contributed by atoms with Gasteiger partial charge < -0.3 is 15.0 Å². The summed E-state index contributed by atoms with van der Waals surface area (Å²) in [7, 11) is 1.89. The van der Waals surface area contributed by atoms with Gasteiger partial charge in [-0.15, -0.1) is 0 Å². The third-order valence-corrected chi connectivity index (χ3v) is 4.38. The van der Waals surface area contributed by atoms with Gasteiger partial charge in [-0.1, -0.05) is 0 Å². The molecular weight excluding hydrogens is 311 g/mol. The van der Waals surface area contributed by atoms with Gasteiger partial charge >= 0.3 is 6.03 Å². The number of morpholine rings is 1. The molecule has 0 radical (unpaired) electrons. The first kappa shape index (κ1) is 16.4. The van der Waals surface area contributed by atoms with Crippen molar-refractivity contribution in [1.82, 2.24) is 14.7 Å². The number of halogens is 1. The maximum absolute atomic E-state index is 13.0. The van der Waals surface area contributed by atoms with Crippen molar-refractivity contribution in [2.75, 3.05) is 25.1 Å². The molecule has 3 rings (SSSR count). The minimum absolute atomic E-state index is 0.187. The van der Waals surface area contributed by atoms with Crippen molar-refractivity contribution in [2.45, 2.75) is 19.9 Å². The van der Waals surface area contributed by atoms with Crippen LogP contribution in [0.5, 0.6) is 0 Å². The molecule has 1 aromatic heterocycles. The maximum Gasteiger partial charge on any atom is 0.322 e. The van der Waals surface area contributed by atoms with Gasteiger partial charge in [0.2, 0.25) is 0 Å². The lowest BCUT2D eigenvalue weighted by Gasteiger charge is -2.36. The highest BCUT2D eigenvalue weighted by Gasteiger charge is 2.32. The molecule has 1 aromatic carbocycles. The van der Waals surface area contributed by atoms with E-state index in [4.69, 9.17) is 4.74 Å². The predicted octanol–water partition coefficient (Wildman–Crippen LogP) is 2.78. The molecule has 1 aliphatic rings. The van der Waals surface area contributed by atoms with Crippen LogP contribution >= 0.6 is 0 Å². The Bertz CT molecular complexity index is 742. The lowest BCUT2D eigenvalue weighted by Crippen LogP contribution is -2.45. The van der Waals surface area contributed by atoms with Gasteiger partial charge in [-0.3, -0.25) is 4.68 Å². The quantitative estimate of drug-likeness (QED) is 0.920. The van der Waals surface area contributed by atoms with E-state index in [-0.39, 0.29) is 17.9 Å². The lowest BCUT2D eigenvalue weighted by atomic mass is 10.0. The fourth-order valence-electron chi connectivity index (χ4n) is 3.09. The number of urea groups is 1. The number of nitrogens with zero attached hydrogens (tertiary/aromatic N) is 3. The van der Waals surface area contributed by atoms with Gasteiger partial charge in [0, 0.05) is 30.5 Å². The zero-order chi connectivity index (χ0) is 17.3. The van der Waals surface area contributed by atoms with Crippen LogP contribution < -0.4 is 5.32 Å². The van der Waals surface area contributed by atoms with E-state index in [2.05, 4.69) is 10.4 Å². The van der Waals surface area contributed by atoms with Crippen molar-refractivity contribution >= 4 is 11.7 Å². The highest BCUT2D eigenvalue weighted by atomic mass is 19.1. The minimum atomic E-state index is -0.334. The zero-order valence-corrected chi connectivity index (χ0v) is 14.0. The molecule has 6 nitrogen and oxygen atoms in total. The third-order valence-electron chi connectivity index (χ3n) is 4.38. The predicted molar refractivity (Wildman–Crippen MR) is 88.4 cm³/mol. The second kappa shape index (κ2) is 6.60. The summed E-state index contributed by atoms with van der Waals surface area (Å²) in [5, 5.41) is 7.26. The number of nitrogens with one attached hydrogen (secondary N) is 1. The Balaban J connectivity index is 1.84. The van der Waals surface area contributed by atoms with Gasteiger partial charge in [0.1, 0.15) is 5.82 Å². The number of carbonyl (C=O) groups excluding carboxylic acids is 1. The van der Waals surface area contributed by atoms with Crippen LogP contribution in [0.25, 0.3) is 0 Å². The van der Waals surface area contributed by atoms with E-state index in [9.17, 15) is 9.18 Å². The Morgan fingerprint density at radius 3 is 2.67 bits per heavy atom. The van der Waals surface area contributed by atoms with E-state index in [0.717, 1.165) is 17.0 Å². The molecule has 0 aliphatic carbocycles. The van der Waals surface area contributed by atoms with Crippen LogP contribution in [0.3, 0.4) is 0 Å². The van der Waals surface area contributed by atoms with Crippen LogP contribution in [0.2, 0.25) is 0 Å². The Kier molecular flexibility index (Phi) is 4.53. The Hall–Kier alpha value is -2.41. The summed E-state index contributed by atoms with van der Waals surface area (Å²) in [6, 6.07) is 5.32. The van der Waals surface area contributed by atoms with Crippen LogP contribution in [-0.4, -0.2) is 40.5 Å². The number of benzene rings is 1.